The summed E-state index contributed by atoms with van der Waals surface area (Å²) in [6.45, 7) is 5.17. The number of halogens is 1. The first-order chi connectivity index (χ1) is 5.70. The summed E-state index contributed by atoms with van der Waals surface area (Å²) in [6, 6.07) is 0. The fourth-order valence-electron chi connectivity index (χ4n) is 0.460. The summed E-state index contributed by atoms with van der Waals surface area (Å²) >= 11 is 0. The van der Waals surface area contributed by atoms with Crippen LogP contribution in [0.4, 0.5) is 4.39 Å². The van der Waals surface area contributed by atoms with Crippen LogP contribution in [0.15, 0.2) is 29.2 Å². The number of hydrogen-bond acceptors (Lipinski definition) is 3. The van der Waals surface area contributed by atoms with Gasteiger partial charge in [0.25, 0.3) is 0 Å². The van der Waals surface area contributed by atoms with Gasteiger partial charge in [0.15, 0.2) is 0 Å². The monoisotopic (exact) mass is 171 g/mol. The minimum Gasteiger partial charge on any atom is -0.404 e. The van der Waals surface area contributed by atoms with E-state index in [0.29, 0.717) is 5.82 Å². The number of allylic oxidation sites excluding steroid dienone is 1. The number of hydrogen-bond donors (Lipinski definition) is 2. The molecule has 0 unspecified atom stereocenters. The summed E-state index contributed by atoms with van der Waals surface area (Å²) in [5.74, 6) is 0.439. The van der Waals surface area contributed by atoms with Gasteiger partial charge in [0.1, 0.15) is 12.5 Å². The van der Waals surface area contributed by atoms with Crippen LogP contribution in [0.25, 0.3) is 0 Å². The maximum Gasteiger partial charge on any atom is 0.118 e. The predicted molar refractivity (Wildman–Crippen MR) is 49.6 cm³/mol. The third kappa shape index (κ3) is 5.46. The van der Waals surface area contributed by atoms with Crippen LogP contribution in [0.2, 0.25) is 0 Å². The molecule has 0 radical (unpaired) electrons. The van der Waals surface area contributed by atoms with E-state index in [4.69, 9.17) is 5.73 Å². The van der Waals surface area contributed by atoms with Gasteiger partial charge in [-0.1, -0.05) is 6.58 Å². The molecular weight excluding hydrogens is 157 g/mol. The molecule has 0 amide bonds. The summed E-state index contributed by atoms with van der Waals surface area (Å²) in [5.41, 5.74) is 6.03. The Balaban J connectivity index is 3.76. The molecule has 0 fully saturated rings. The van der Waals surface area contributed by atoms with Crippen LogP contribution in [-0.4, -0.2) is 19.4 Å². The fourth-order valence-corrected chi connectivity index (χ4v) is 0.460. The van der Waals surface area contributed by atoms with Crippen LogP contribution in [-0.2, 0) is 0 Å². The molecule has 4 heteroatoms. The standard InChI is InChI=1S/C8H14FN3/c1-7(5-10)6-12-8(2)11-4-3-9/h5-6,11H,2-4,10H2,1H3/b7-5-,12-6?. The van der Waals surface area contributed by atoms with Gasteiger partial charge in [0, 0.05) is 12.8 Å². The summed E-state index contributed by atoms with van der Waals surface area (Å²) < 4.78 is 11.6. The van der Waals surface area contributed by atoms with E-state index in [9.17, 15) is 4.39 Å². The van der Waals surface area contributed by atoms with Crippen LogP contribution in [0.5, 0.6) is 0 Å². The van der Waals surface area contributed by atoms with Crippen LogP contribution in [0.1, 0.15) is 6.92 Å². The predicted octanol–water partition coefficient (Wildman–Crippen LogP) is 0.950. The van der Waals surface area contributed by atoms with Gasteiger partial charge in [-0.25, -0.2) is 9.38 Å². The van der Waals surface area contributed by atoms with E-state index in [1.54, 1.807) is 6.21 Å². The Hall–Kier alpha value is -1.32. The highest BCUT2D eigenvalue weighted by Crippen LogP contribution is 1.88. The highest BCUT2D eigenvalue weighted by atomic mass is 19.1. The lowest BCUT2D eigenvalue weighted by Gasteiger charge is -2.00. The average Bonchev–Trinajstić information content (AvgIpc) is 2.10. The topological polar surface area (TPSA) is 50.4 Å². The molecular formula is C8H14FN3. The minimum atomic E-state index is -0.430. The van der Waals surface area contributed by atoms with E-state index in [-0.39, 0.29) is 6.54 Å². The van der Waals surface area contributed by atoms with Gasteiger partial charge in [-0.15, -0.1) is 0 Å². The number of rotatable bonds is 5. The van der Waals surface area contributed by atoms with Crippen molar-refractivity contribution >= 4 is 6.21 Å². The molecule has 0 spiro atoms. The third-order valence-electron chi connectivity index (χ3n) is 1.11. The van der Waals surface area contributed by atoms with E-state index in [1.165, 1.54) is 6.20 Å². The first-order valence-electron chi connectivity index (χ1n) is 3.62. The second kappa shape index (κ2) is 6.39. The Kier molecular flexibility index (Phi) is 5.69. The van der Waals surface area contributed by atoms with Gasteiger partial charge in [0.05, 0.1) is 0 Å². The molecule has 0 saturated heterocycles. The van der Waals surface area contributed by atoms with Crippen molar-refractivity contribution < 1.29 is 4.39 Å². The molecule has 0 aromatic heterocycles. The van der Waals surface area contributed by atoms with Gasteiger partial charge >= 0.3 is 0 Å². The molecule has 0 heterocycles. The molecule has 0 aromatic rings. The Morgan fingerprint density at radius 2 is 2.42 bits per heavy atom. The average molecular weight is 171 g/mol. The molecule has 0 saturated carbocycles. The van der Waals surface area contributed by atoms with Gasteiger partial charge in [-0.05, 0) is 18.7 Å². The normalized spacial score (nSPS) is 12.0. The van der Waals surface area contributed by atoms with E-state index in [2.05, 4.69) is 16.9 Å². The van der Waals surface area contributed by atoms with Crippen LogP contribution < -0.4 is 11.1 Å². The molecule has 0 atom stereocenters. The van der Waals surface area contributed by atoms with Crippen molar-refractivity contribution in [3.8, 4) is 0 Å². The Bertz CT molecular complexity index is 196. The molecule has 3 nitrogen and oxygen atoms in total. The van der Waals surface area contributed by atoms with Crippen molar-refractivity contribution in [2.45, 2.75) is 6.92 Å². The van der Waals surface area contributed by atoms with E-state index >= 15 is 0 Å². The van der Waals surface area contributed by atoms with Crippen LogP contribution in [0, 0.1) is 0 Å². The molecule has 68 valence electrons. The lowest BCUT2D eigenvalue weighted by atomic mass is 10.4. The van der Waals surface area contributed by atoms with Crippen molar-refractivity contribution in [1.82, 2.24) is 5.32 Å². The molecule has 12 heavy (non-hydrogen) atoms. The summed E-state index contributed by atoms with van der Waals surface area (Å²) in [4.78, 5) is 3.89. The summed E-state index contributed by atoms with van der Waals surface area (Å²) in [6.07, 6.45) is 3.00. The van der Waals surface area contributed by atoms with Crippen molar-refractivity contribution in [2.75, 3.05) is 13.2 Å². The minimum absolute atomic E-state index is 0.238. The number of alkyl halides is 1. The largest absolute Gasteiger partial charge is 0.404 e. The van der Waals surface area contributed by atoms with E-state index < -0.39 is 6.67 Å². The highest BCUT2D eigenvalue weighted by Gasteiger charge is 1.86. The quantitative estimate of drug-likeness (QED) is 0.605. The molecule has 0 aliphatic carbocycles. The molecule has 3 N–H and O–H groups in total. The lowest BCUT2D eigenvalue weighted by Crippen LogP contribution is -2.13. The summed E-state index contributed by atoms with van der Waals surface area (Å²) in [5, 5.41) is 2.68. The zero-order chi connectivity index (χ0) is 9.40. The molecule has 0 bridgehead atoms. The molecule has 0 aliphatic rings. The third-order valence-corrected chi connectivity index (χ3v) is 1.11. The molecule has 0 aliphatic heterocycles. The number of nitrogens with one attached hydrogen (secondary N) is 1. The lowest BCUT2D eigenvalue weighted by molar-refractivity contribution is 0.482. The van der Waals surface area contributed by atoms with E-state index in [0.717, 1.165) is 5.57 Å². The Morgan fingerprint density at radius 3 is 2.92 bits per heavy atom. The van der Waals surface area contributed by atoms with Crippen molar-refractivity contribution in [2.24, 2.45) is 10.7 Å². The summed E-state index contributed by atoms with van der Waals surface area (Å²) in [7, 11) is 0. The fraction of sp³-hybridized carbons (Fsp3) is 0.375. The molecule has 0 rings (SSSR count). The number of aliphatic imine (C=N–C) groups is 1. The van der Waals surface area contributed by atoms with E-state index in [1.807, 2.05) is 6.92 Å². The number of nitrogens with two attached hydrogens (primary N) is 1. The zero-order valence-electron chi connectivity index (χ0n) is 7.18. The second-order valence-electron chi connectivity index (χ2n) is 2.23. The smallest absolute Gasteiger partial charge is 0.118 e. The molecule has 0 aromatic carbocycles. The maximum absolute atomic E-state index is 11.6. The second-order valence-corrected chi connectivity index (χ2v) is 2.23. The van der Waals surface area contributed by atoms with Crippen molar-refractivity contribution in [3.63, 3.8) is 0 Å². The first-order valence-corrected chi connectivity index (χ1v) is 3.62. The van der Waals surface area contributed by atoms with Crippen molar-refractivity contribution in [3.05, 3.63) is 24.2 Å². The SMILES string of the molecule is C=C(N=C/C(C)=C\N)NCCF. The van der Waals surface area contributed by atoms with Gasteiger partial charge in [-0.2, -0.15) is 0 Å². The highest BCUT2D eigenvalue weighted by molar-refractivity contribution is 5.78. The van der Waals surface area contributed by atoms with Crippen molar-refractivity contribution in [1.29, 1.82) is 0 Å². The van der Waals surface area contributed by atoms with Crippen LogP contribution in [0.3, 0.4) is 0 Å². The van der Waals surface area contributed by atoms with Gasteiger partial charge in [0.2, 0.25) is 0 Å². The first kappa shape index (κ1) is 10.7. The maximum atomic E-state index is 11.6. The Morgan fingerprint density at radius 1 is 1.75 bits per heavy atom. The number of nitrogens with zero attached hydrogens (tertiary/aromatic N) is 1. The zero-order valence-corrected chi connectivity index (χ0v) is 7.18. The van der Waals surface area contributed by atoms with Gasteiger partial charge in [-0.3, -0.25) is 0 Å². The Labute approximate surface area is 71.9 Å². The van der Waals surface area contributed by atoms with Gasteiger partial charge < -0.3 is 11.1 Å². The van der Waals surface area contributed by atoms with Crippen LogP contribution >= 0.6 is 0 Å².